The Kier molecular flexibility index (Phi) is 4.18. The summed E-state index contributed by atoms with van der Waals surface area (Å²) in [4.78, 5) is 3.76. The van der Waals surface area contributed by atoms with Gasteiger partial charge >= 0.3 is 6.18 Å². The molecule has 0 aliphatic carbocycles. The molecule has 0 bridgehead atoms. The van der Waals surface area contributed by atoms with E-state index >= 15 is 0 Å². The van der Waals surface area contributed by atoms with Crippen LogP contribution >= 0.6 is 11.6 Å². The highest BCUT2D eigenvalue weighted by molar-refractivity contribution is 6.29. The molecular formula is C14H11ClF3NO. The highest BCUT2D eigenvalue weighted by Crippen LogP contribution is 2.34. The van der Waals surface area contributed by atoms with Crippen LogP contribution in [0.1, 0.15) is 18.1 Å². The van der Waals surface area contributed by atoms with Crippen LogP contribution in [0.15, 0.2) is 36.4 Å². The molecule has 0 aliphatic heterocycles. The van der Waals surface area contributed by atoms with E-state index in [0.717, 1.165) is 17.7 Å². The monoisotopic (exact) mass is 301 g/mol. The van der Waals surface area contributed by atoms with Crippen LogP contribution in [0, 0.1) is 0 Å². The first-order valence-corrected chi connectivity index (χ1v) is 6.28. The predicted molar refractivity (Wildman–Crippen MR) is 70.1 cm³/mol. The SMILES string of the molecule is CCc1ccccc1Oc1cc(C(F)(F)F)cc(Cl)n1. The van der Waals surface area contributed by atoms with Crippen LogP contribution in [-0.4, -0.2) is 4.98 Å². The molecule has 0 aliphatic rings. The Morgan fingerprint density at radius 2 is 1.90 bits per heavy atom. The van der Waals surface area contributed by atoms with Crippen molar-refractivity contribution in [1.29, 1.82) is 0 Å². The van der Waals surface area contributed by atoms with Crippen molar-refractivity contribution < 1.29 is 17.9 Å². The van der Waals surface area contributed by atoms with E-state index in [-0.39, 0.29) is 11.0 Å². The molecule has 0 saturated heterocycles. The topological polar surface area (TPSA) is 22.1 Å². The van der Waals surface area contributed by atoms with Crippen LogP contribution in [0.25, 0.3) is 0 Å². The maximum atomic E-state index is 12.7. The summed E-state index contributed by atoms with van der Waals surface area (Å²) in [5, 5.41) is -0.260. The fourth-order valence-electron chi connectivity index (χ4n) is 1.70. The van der Waals surface area contributed by atoms with Gasteiger partial charge in [-0.25, -0.2) is 4.98 Å². The lowest BCUT2D eigenvalue weighted by molar-refractivity contribution is -0.137. The van der Waals surface area contributed by atoms with Crippen molar-refractivity contribution in [2.75, 3.05) is 0 Å². The first-order valence-electron chi connectivity index (χ1n) is 5.90. The van der Waals surface area contributed by atoms with Crippen molar-refractivity contribution in [2.24, 2.45) is 0 Å². The van der Waals surface area contributed by atoms with Gasteiger partial charge in [0, 0.05) is 6.07 Å². The average molecular weight is 302 g/mol. The number of alkyl halides is 3. The van der Waals surface area contributed by atoms with Gasteiger partial charge in [-0.3, -0.25) is 0 Å². The Morgan fingerprint density at radius 3 is 2.55 bits per heavy atom. The van der Waals surface area contributed by atoms with Gasteiger partial charge in [0.25, 0.3) is 0 Å². The molecule has 6 heteroatoms. The van der Waals surface area contributed by atoms with E-state index in [4.69, 9.17) is 16.3 Å². The van der Waals surface area contributed by atoms with E-state index in [0.29, 0.717) is 12.2 Å². The Hall–Kier alpha value is -1.75. The number of aromatic nitrogens is 1. The maximum Gasteiger partial charge on any atom is 0.416 e. The number of nitrogens with zero attached hydrogens (tertiary/aromatic N) is 1. The second-order valence-corrected chi connectivity index (χ2v) is 4.47. The summed E-state index contributed by atoms with van der Waals surface area (Å²) in [7, 11) is 0. The van der Waals surface area contributed by atoms with Crippen LogP contribution < -0.4 is 4.74 Å². The van der Waals surface area contributed by atoms with Crippen LogP contribution in [0.5, 0.6) is 11.6 Å². The molecule has 0 unspecified atom stereocenters. The van der Waals surface area contributed by atoms with Gasteiger partial charge in [-0.05, 0) is 24.1 Å². The molecule has 0 fully saturated rings. The largest absolute Gasteiger partial charge is 0.439 e. The Morgan fingerprint density at radius 1 is 1.20 bits per heavy atom. The highest BCUT2D eigenvalue weighted by Gasteiger charge is 2.31. The summed E-state index contributed by atoms with van der Waals surface area (Å²) in [6.45, 7) is 1.93. The molecule has 1 heterocycles. The lowest BCUT2D eigenvalue weighted by atomic mass is 10.1. The normalized spacial score (nSPS) is 11.4. The van der Waals surface area contributed by atoms with Crippen molar-refractivity contribution >= 4 is 11.6 Å². The van der Waals surface area contributed by atoms with Gasteiger partial charge in [-0.2, -0.15) is 13.2 Å². The summed E-state index contributed by atoms with van der Waals surface area (Å²) >= 11 is 5.60. The Bertz CT molecular complexity index is 614. The lowest BCUT2D eigenvalue weighted by Crippen LogP contribution is -2.06. The van der Waals surface area contributed by atoms with Gasteiger partial charge in [-0.1, -0.05) is 36.7 Å². The quantitative estimate of drug-likeness (QED) is 0.735. The number of hydrogen-bond donors (Lipinski definition) is 0. The average Bonchev–Trinajstić information content (AvgIpc) is 2.37. The number of benzene rings is 1. The second-order valence-electron chi connectivity index (χ2n) is 4.08. The van der Waals surface area contributed by atoms with Crippen LogP contribution in [0.2, 0.25) is 5.15 Å². The number of aryl methyl sites for hydroxylation is 1. The van der Waals surface area contributed by atoms with Crippen LogP contribution in [0.3, 0.4) is 0 Å². The number of hydrogen-bond acceptors (Lipinski definition) is 2. The summed E-state index contributed by atoms with van der Waals surface area (Å²) in [6.07, 6.45) is -3.79. The fraction of sp³-hybridized carbons (Fsp3) is 0.214. The van der Waals surface area contributed by atoms with Crippen LogP contribution in [0.4, 0.5) is 13.2 Å². The van der Waals surface area contributed by atoms with E-state index in [1.807, 2.05) is 19.1 Å². The summed E-state index contributed by atoms with van der Waals surface area (Å²) in [5.74, 6) is 0.295. The number of ether oxygens (including phenoxy) is 1. The molecule has 0 spiro atoms. The summed E-state index contributed by atoms with van der Waals surface area (Å²) in [5.41, 5.74) is -0.00989. The number of pyridine rings is 1. The Balaban J connectivity index is 2.36. The standard InChI is InChI=1S/C14H11ClF3NO/c1-2-9-5-3-4-6-11(9)20-13-8-10(14(16,17)18)7-12(15)19-13/h3-8H,2H2,1H3. The van der Waals surface area contributed by atoms with E-state index in [1.165, 1.54) is 0 Å². The molecular weight excluding hydrogens is 291 g/mol. The van der Waals surface area contributed by atoms with Crippen molar-refractivity contribution in [3.63, 3.8) is 0 Å². The third-order valence-electron chi connectivity index (χ3n) is 2.67. The predicted octanol–water partition coefficient (Wildman–Crippen LogP) is 5.11. The number of halogens is 4. The Labute approximate surface area is 119 Å². The van der Waals surface area contributed by atoms with Crippen LogP contribution in [-0.2, 0) is 12.6 Å². The molecule has 2 rings (SSSR count). The third-order valence-corrected chi connectivity index (χ3v) is 2.86. The van der Waals surface area contributed by atoms with Crippen molar-refractivity contribution in [2.45, 2.75) is 19.5 Å². The van der Waals surface area contributed by atoms with Gasteiger partial charge in [0.05, 0.1) is 5.56 Å². The van der Waals surface area contributed by atoms with Crippen molar-refractivity contribution in [3.05, 3.63) is 52.7 Å². The van der Waals surface area contributed by atoms with Crippen molar-refractivity contribution in [1.82, 2.24) is 4.98 Å². The fourth-order valence-corrected chi connectivity index (χ4v) is 1.90. The molecule has 0 amide bonds. The number of para-hydroxylation sites is 1. The molecule has 1 aromatic carbocycles. The molecule has 0 radical (unpaired) electrons. The molecule has 0 N–H and O–H groups in total. The van der Waals surface area contributed by atoms with Gasteiger partial charge < -0.3 is 4.74 Å². The minimum atomic E-state index is -4.49. The first-order chi connectivity index (χ1) is 9.40. The number of rotatable bonds is 3. The van der Waals surface area contributed by atoms with E-state index < -0.39 is 11.7 Å². The van der Waals surface area contributed by atoms with Gasteiger partial charge in [-0.15, -0.1) is 0 Å². The minimum Gasteiger partial charge on any atom is -0.439 e. The minimum absolute atomic E-state index is 0.175. The van der Waals surface area contributed by atoms with Gasteiger partial charge in [0.15, 0.2) is 0 Å². The zero-order valence-corrected chi connectivity index (χ0v) is 11.3. The molecule has 0 saturated carbocycles. The third kappa shape index (κ3) is 3.42. The zero-order chi connectivity index (χ0) is 14.8. The molecule has 0 atom stereocenters. The van der Waals surface area contributed by atoms with Gasteiger partial charge in [0.2, 0.25) is 5.88 Å². The lowest BCUT2D eigenvalue weighted by Gasteiger charge is -2.12. The first kappa shape index (κ1) is 14.7. The highest BCUT2D eigenvalue weighted by atomic mass is 35.5. The molecule has 2 nitrogen and oxygen atoms in total. The van der Waals surface area contributed by atoms with E-state index in [2.05, 4.69) is 4.98 Å². The smallest absolute Gasteiger partial charge is 0.416 e. The van der Waals surface area contributed by atoms with Crippen molar-refractivity contribution in [3.8, 4) is 11.6 Å². The molecule has 2 aromatic rings. The van der Waals surface area contributed by atoms with Gasteiger partial charge in [0.1, 0.15) is 10.9 Å². The zero-order valence-electron chi connectivity index (χ0n) is 10.5. The summed E-state index contributed by atoms with van der Waals surface area (Å²) in [6, 6.07) is 8.68. The van der Waals surface area contributed by atoms with E-state index in [1.54, 1.807) is 12.1 Å². The molecule has 106 valence electrons. The molecule has 1 aromatic heterocycles. The summed E-state index contributed by atoms with van der Waals surface area (Å²) < 4.78 is 43.5. The second kappa shape index (κ2) is 5.71. The molecule has 20 heavy (non-hydrogen) atoms. The maximum absolute atomic E-state index is 12.7. The van der Waals surface area contributed by atoms with E-state index in [9.17, 15) is 13.2 Å².